The van der Waals surface area contributed by atoms with Crippen LogP contribution in [-0.2, 0) is 0 Å². The second-order valence-electron chi connectivity index (χ2n) is 4.79. The molecule has 1 aliphatic heterocycles. The average molecular weight is 364 g/mol. The van der Waals surface area contributed by atoms with E-state index in [1.54, 1.807) is 11.0 Å². The van der Waals surface area contributed by atoms with Crippen LogP contribution in [0.1, 0.15) is 16.8 Å². The zero-order valence-electron chi connectivity index (χ0n) is 11.3. The second kappa shape index (κ2) is 6.12. The minimum absolute atomic E-state index is 0.0505. The number of carbonyl (C=O) groups excluding carboxylic acids is 1. The summed E-state index contributed by atoms with van der Waals surface area (Å²) in [5.41, 5.74) is 1.41. The molecule has 0 spiro atoms. The zero-order valence-corrected chi connectivity index (χ0v) is 13.7. The number of ether oxygens (including phenoxy) is 1. The Hall–Kier alpha value is -1.46. The maximum absolute atomic E-state index is 12.9. The summed E-state index contributed by atoms with van der Waals surface area (Å²) in [6, 6.07) is 13.1. The van der Waals surface area contributed by atoms with Gasteiger partial charge in [-0.3, -0.25) is 4.79 Å². The van der Waals surface area contributed by atoms with E-state index in [4.69, 9.17) is 4.74 Å². The van der Waals surface area contributed by atoms with Gasteiger partial charge in [0.15, 0.2) is 0 Å². The van der Waals surface area contributed by atoms with Gasteiger partial charge in [-0.05, 0) is 36.8 Å². The van der Waals surface area contributed by atoms with Gasteiger partial charge < -0.3 is 9.64 Å². The Kier molecular flexibility index (Phi) is 4.22. The number of nitrogens with zero attached hydrogens (tertiary/aromatic N) is 1. The first kappa shape index (κ1) is 14.5. The van der Waals surface area contributed by atoms with Gasteiger partial charge in [0.25, 0.3) is 5.91 Å². The number of benzene rings is 2. The summed E-state index contributed by atoms with van der Waals surface area (Å²) < 4.78 is 6.60. The number of fused-ring (bicyclic) bond motifs is 1. The van der Waals surface area contributed by atoms with Gasteiger partial charge in [-0.25, -0.2) is 0 Å². The number of thiol groups is 1. The lowest BCUT2D eigenvalue weighted by molar-refractivity contribution is 0.0984. The highest BCUT2D eigenvalue weighted by molar-refractivity contribution is 9.10. The number of anilines is 1. The van der Waals surface area contributed by atoms with E-state index in [0.717, 1.165) is 22.3 Å². The van der Waals surface area contributed by atoms with Crippen LogP contribution in [0.15, 0.2) is 51.8 Å². The molecule has 0 saturated heterocycles. The van der Waals surface area contributed by atoms with E-state index in [2.05, 4.69) is 28.6 Å². The standard InChI is InChI=1S/C16H14BrNO2S/c17-11-6-7-12(15(21)10-11)16(19)18-8-3-9-20-14-5-2-1-4-13(14)18/h1-2,4-7,10,21H,3,8-9H2. The summed E-state index contributed by atoms with van der Waals surface area (Å²) in [6.45, 7) is 1.26. The summed E-state index contributed by atoms with van der Waals surface area (Å²) in [5, 5.41) is 0. The summed E-state index contributed by atoms with van der Waals surface area (Å²) in [5.74, 6) is 0.701. The van der Waals surface area contributed by atoms with Crippen LogP contribution in [0.4, 0.5) is 5.69 Å². The Morgan fingerprint density at radius 2 is 2.05 bits per heavy atom. The van der Waals surface area contributed by atoms with E-state index in [0.29, 0.717) is 23.6 Å². The van der Waals surface area contributed by atoms with Crippen LogP contribution >= 0.6 is 28.6 Å². The van der Waals surface area contributed by atoms with Crippen molar-refractivity contribution in [3.63, 3.8) is 0 Å². The van der Waals surface area contributed by atoms with Gasteiger partial charge in [0.2, 0.25) is 0 Å². The summed E-state index contributed by atoms with van der Waals surface area (Å²) >= 11 is 7.80. The molecule has 0 saturated carbocycles. The average Bonchev–Trinajstić information content (AvgIpc) is 2.69. The van der Waals surface area contributed by atoms with Crippen LogP contribution in [0.5, 0.6) is 5.75 Å². The lowest BCUT2D eigenvalue weighted by atomic mass is 10.1. The van der Waals surface area contributed by atoms with Crippen molar-refractivity contribution in [1.29, 1.82) is 0 Å². The van der Waals surface area contributed by atoms with E-state index >= 15 is 0 Å². The molecule has 1 heterocycles. The Labute approximate surface area is 137 Å². The topological polar surface area (TPSA) is 29.5 Å². The van der Waals surface area contributed by atoms with E-state index in [-0.39, 0.29) is 5.91 Å². The van der Waals surface area contributed by atoms with Crippen molar-refractivity contribution in [3.8, 4) is 5.75 Å². The molecule has 3 rings (SSSR count). The molecule has 0 N–H and O–H groups in total. The van der Waals surface area contributed by atoms with Crippen molar-refractivity contribution in [2.24, 2.45) is 0 Å². The fourth-order valence-electron chi connectivity index (χ4n) is 2.37. The van der Waals surface area contributed by atoms with Gasteiger partial charge in [0, 0.05) is 15.9 Å². The van der Waals surface area contributed by atoms with Crippen molar-refractivity contribution < 1.29 is 9.53 Å². The molecule has 0 aliphatic carbocycles. The lowest BCUT2D eigenvalue weighted by Gasteiger charge is -2.22. The van der Waals surface area contributed by atoms with Crippen LogP contribution in [0.25, 0.3) is 0 Å². The summed E-state index contributed by atoms with van der Waals surface area (Å²) in [7, 11) is 0. The van der Waals surface area contributed by atoms with Gasteiger partial charge >= 0.3 is 0 Å². The quantitative estimate of drug-likeness (QED) is 0.770. The van der Waals surface area contributed by atoms with Crippen molar-refractivity contribution >= 4 is 40.2 Å². The lowest BCUT2D eigenvalue weighted by Crippen LogP contribution is -2.31. The molecule has 21 heavy (non-hydrogen) atoms. The molecule has 0 bridgehead atoms. The molecule has 1 aliphatic rings. The predicted molar refractivity (Wildman–Crippen MR) is 89.6 cm³/mol. The van der Waals surface area contributed by atoms with Gasteiger partial charge in [0.05, 0.1) is 17.9 Å². The third kappa shape index (κ3) is 2.94. The number of amides is 1. The van der Waals surface area contributed by atoms with Gasteiger partial charge in [0.1, 0.15) is 5.75 Å². The molecule has 0 fully saturated rings. The fraction of sp³-hybridized carbons (Fsp3) is 0.188. The smallest absolute Gasteiger partial charge is 0.259 e. The van der Waals surface area contributed by atoms with Crippen molar-refractivity contribution in [2.75, 3.05) is 18.1 Å². The number of carbonyl (C=O) groups is 1. The maximum atomic E-state index is 12.9. The highest BCUT2D eigenvalue weighted by atomic mass is 79.9. The number of rotatable bonds is 1. The van der Waals surface area contributed by atoms with Crippen LogP contribution in [0, 0.1) is 0 Å². The molecule has 1 amide bonds. The first-order chi connectivity index (χ1) is 10.2. The molecule has 0 aromatic heterocycles. The van der Waals surface area contributed by atoms with E-state index in [1.807, 2.05) is 36.4 Å². The molecule has 5 heteroatoms. The van der Waals surface area contributed by atoms with E-state index in [9.17, 15) is 4.79 Å². The van der Waals surface area contributed by atoms with Crippen LogP contribution in [-0.4, -0.2) is 19.1 Å². The van der Waals surface area contributed by atoms with Crippen molar-refractivity contribution in [2.45, 2.75) is 11.3 Å². The highest BCUT2D eigenvalue weighted by Gasteiger charge is 2.24. The number of hydrogen-bond donors (Lipinski definition) is 1. The Morgan fingerprint density at radius 1 is 1.24 bits per heavy atom. The molecule has 0 radical (unpaired) electrons. The van der Waals surface area contributed by atoms with E-state index < -0.39 is 0 Å². The van der Waals surface area contributed by atoms with Gasteiger partial charge in [-0.15, -0.1) is 12.6 Å². The molecule has 0 atom stereocenters. The van der Waals surface area contributed by atoms with Gasteiger partial charge in [-0.1, -0.05) is 28.1 Å². The minimum atomic E-state index is -0.0505. The molecule has 108 valence electrons. The Morgan fingerprint density at radius 3 is 2.86 bits per heavy atom. The Balaban J connectivity index is 2.01. The third-order valence-electron chi connectivity index (χ3n) is 3.38. The zero-order chi connectivity index (χ0) is 14.8. The Bertz CT molecular complexity index is 690. The molecular formula is C16H14BrNO2S. The first-order valence-corrected chi connectivity index (χ1v) is 7.93. The van der Waals surface area contributed by atoms with E-state index in [1.165, 1.54) is 0 Å². The highest BCUT2D eigenvalue weighted by Crippen LogP contribution is 2.32. The molecular weight excluding hydrogens is 350 g/mol. The first-order valence-electron chi connectivity index (χ1n) is 6.69. The largest absolute Gasteiger partial charge is 0.491 e. The number of hydrogen-bond acceptors (Lipinski definition) is 3. The molecule has 2 aromatic carbocycles. The molecule has 0 unspecified atom stereocenters. The molecule has 3 nitrogen and oxygen atoms in total. The second-order valence-corrected chi connectivity index (χ2v) is 6.19. The van der Waals surface area contributed by atoms with Crippen LogP contribution < -0.4 is 9.64 Å². The molecule has 2 aromatic rings. The fourth-order valence-corrected chi connectivity index (χ4v) is 3.22. The number of para-hydroxylation sites is 2. The van der Waals surface area contributed by atoms with Gasteiger partial charge in [-0.2, -0.15) is 0 Å². The monoisotopic (exact) mass is 363 g/mol. The summed E-state index contributed by atoms with van der Waals surface area (Å²) in [4.78, 5) is 15.3. The number of halogens is 1. The third-order valence-corrected chi connectivity index (χ3v) is 4.24. The van der Waals surface area contributed by atoms with Crippen LogP contribution in [0.3, 0.4) is 0 Å². The summed E-state index contributed by atoms with van der Waals surface area (Å²) in [6.07, 6.45) is 0.804. The van der Waals surface area contributed by atoms with Crippen molar-refractivity contribution in [3.05, 3.63) is 52.5 Å². The predicted octanol–water partition coefficient (Wildman–Crippen LogP) is 4.17. The maximum Gasteiger partial charge on any atom is 0.259 e. The SMILES string of the molecule is O=C(c1ccc(Br)cc1S)N1CCCOc2ccccc21. The minimum Gasteiger partial charge on any atom is -0.491 e. The normalized spacial score (nSPS) is 14.1. The van der Waals surface area contributed by atoms with Crippen molar-refractivity contribution in [1.82, 2.24) is 0 Å². The van der Waals surface area contributed by atoms with Crippen LogP contribution in [0.2, 0.25) is 0 Å².